The molecule has 0 aliphatic carbocycles. The summed E-state index contributed by atoms with van der Waals surface area (Å²) in [5.74, 6) is 12.6. The number of nitrogens with zero attached hydrogens (tertiary/aromatic N) is 2. The zero-order valence-electron chi connectivity index (χ0n) is 31.5. The van der Waals surface area contributed by atoms with Gasteiger partial charge in [-0.1, -0.05) is 157 Å². The second-order valence-electron chi connectivity index (χ2n) is 14.0. The van der Waals surface area contributed by atoms with Crippen LogP contribution in [-0.4, -0.2) is 49.1 Å². The zero-order chi connectivity index (χ0) is 36.9. The summed E-state index contributed by atoms with van der Waals surface area (Å²) < 4.78 is 0. The smallest absolute Gasteiger partial charge is 0.0255 e. The quantitative estimate of drug-likeness (QED) is 0.0823. The molecule has 2 heteroatoms. The molecule has 0 aromatic heterocycles. The lowest BCUT2D eigenvalue weighted by molar-refractivity contribution is 0.284. The van der Waals surface area contributed by atoms with Gasteiger partial charge in [0.05, 0.1) is 0 Å². The fraction of sp³-hybridized carbons (Fsp3) is 0.231. The summed E-state index contributed by atoms with van der Waals surface area (Å²) in [7, 11) is 0. The number of rotatable bonds is 18. The lowest BCUT2D eigenvalue weighted by Gasteiger charge is -2.22. The Labute approximate surface area is 324 Å². The first-order valence-electron chi connectivity index (χ1n) is 19.6. The molecule has 0 spiro atoms. The summed E-state index contributed by atoms with van der Waals surface area (Å²) in [5.41, 5.74) is 10.3. The highest BCUT2D eigenvalue weighted by molar-refractivity contribution is 5.45. The Hall–Kier alpha value is -5.64. The van der Waals surface area contributed by atoms with Gasteiger partial charge in [0.25, 0.3) is 0 Å². The third-order valence-corrected chi connectivity index (χ3v) is 10.1. The largest absolute Gasteiger partial charge is 0.302 e. The van der Waals surface area contributed by atoms with Crippen LogP contribution in [0.15, 0.2) is 170 Å². The van der Waals surface area contributed by atoms with E-state index in [1.165, 1.54) is 33.4 Å². The van der Waals surface area contributed by atoms with Crippen molar-refractivity contribution >= 4 is 0 Å². The molecule has 0 N–H and O–H groups in total. The minimum atomic E-state index is 0.998. The first-order valence-corrected chi connectivity index (χ1v) is 19.6. The van der Waals surface area contributed by atoms with E-state index < -0.39 is 0 Å². The van der Waals surface area contributed by atoms with Gasteiger partial charge in [0.1, 0.15) is 0 Å². The average molecular weight is 705 g/mol. The molecule has 0 bridgehead atoms. The predicted molar refractivity (Wildman–Crippen MR) is 228 cm³/mol. The van der Waals surface area contributed by atoms with Gasteiger partial charge in [-0.2, -0.15) is 0 Å². The number of hydrogen-bond acceptors (Lipinski definition) is 2. The lowest BCUT2D eigenvalue weighted by Crippen LogP contribution is -2.30. The molecule has 0 fully saturated rings. The Morgan fingerprint density at radius 1 is 0.259 bits per heavy atom. The number of hydrogen-bond donors (Lipinski definition) is 0. The molecule has 0 amide bonds. The van der Waals surface area contributed by atoms with Crippen LogP contribution in [0.1, 0.15) is 44.5 Å². The van der Waals surface area contributed by atoms with Crippen molar-refractivity contribution in [3.8, 4) is 23.7 Å². The fourth-order valence-corrected chi connectivity index (χ4v) is 6.69. The first kappa shape index (κ1) is 38.1. The van der Waals surface area contributed by atoms with Gasteiger partial charge in [-0.25, -0.2) is 0 Å². The maximum Gasteiger partial charge on any atom is 0.0255 e. The average Bonchev–Trinajstić information content (AvgIpc) is 3.24. The van der Waals surface area contributed by atoms with E-state index in [-0.39, 0.29) is 0 Å². The van der Waals surface area contributed by atoms with Gasteiger partial charge in [-0.15, -0.1) is 0 Å². The summed E-state index contributed by atoms with van der Waals surface area (Å²) in [6.07, 6.45) is 6.32. The SMILES string of the molecule is C(C#Cc1ccc(CCN(CCc2ccccc2)CCc2ccccc2)cc1)#Cc1ccc(CCN(CCc2ccccc2)CCc2ccccc2)cc1. The monoisotopic (exact) mass is 704 g/mol. The second-order valence-corrected chi connectivity index (χ2v) is 14.0. The van der Waals surface area contributed by atoms with Gasteiger partial charge in [0, 0.05) is 50.4 Å². The highest BCUT2D eigenvalue weighted by atomic mass is 15.1. The van der Waals surface area contributed by atoms with Gasteiger partial charge in [-0.05, 0) is 108 Å². The molecule has 0 unspecified atom stereocenters. The molecule has 6 rings (SSSR count). The zero-order valence-corrected chi connectivity index (χ0v) is 31.5. The third-order valence-electron chi connectivity index (χ3n) is 10.1. The molecule has 54 heavy (non-hydrogen) atoms. The standard InChI is InChI=1S/C52H52N2/c1-5-15-45(16-6-1)33-39-53(40-34-46-17-7-2-8-18-46)43-37-51-29-25-49(26-30-51)23-13-14-24-50-27-31-52(32-28-50)38-44-54(41-35-47-19-9-3-10-20-47)42-36-48-21-11-4-12-22-48/h1-12,15-22,25-32H,33-44H2. The normalized spacial score (nSPS) is 10.8. The molecule has 0 aliphatic rings. The molecule has 2 nitrogen and oxygen atoms in total. The summed E-state index contributed by atoms with van der Waals surface area (Å²) in [4.78, 5) is 5.20. The van der Waals surface area contributed by atoms with E-state index in [0.717, 1.165) is 88.9 Å². The first-order chi connectivity index (χ1) is 26.7. The molecular formula is C52H52N2. The molecule has 6 aromatic rings. The lowest BCUT2D eigenvalue weighted by atomic mass is 10.1. The highest BCUT2D eigenvalue weighted by Crippen LogP contribution is 2.11. The second kappa shape index (κ2) is 21.8. The molecule has 0 aliphatic heterocycles. The maximum atomic E-state index is 3.24. The Morgan fingerprint density at radius 3 is 0.722 bits per heavy atom. The van der Waals surface area contributed by atoms with Gasteiger partial charge in [0.2, 0.25) is 0 Å². The van der Waals surface area contributed by atoms with Gasteiger partial charge in [-0.3, -0.25) is 0 Å². The van der Waals surface area contributed by atoms with Crippen molar-refractivity contribution in [3.05, 3.63) is 214 Å². The molecule has 0 radical (unpaired) electrons. The Morgan fingerprint density at radius 2 is 0.481 bits per heavy atom. The summed E-state index contributed by atoms with van der Waals surface area (Å²) in [6.45, 7) is 6.32. The Balaban J connectivity index is 0.967. The molecule has 0 saturated carbocycles. The molecule has 6 aromatic carbocycles. The summed E-state index contributed by atoms with van der Waals surface area (Å²) in [5, 5.41) is 0. The van der Waals surface area contributed by atoms with E-state index in [0.29, 0.717) is 0 Å². The summed E-state index contributed by atoms with van der Waals surface area (Å²) >= 11 is 0. The molecule has 270 valence electrons. The van der Waals surface area contributed by atoms with E-state index in [9.17, 15) is 0 Å². The van der Waals surface area contributed by atoms with E-state index in [2.05, 4.69) is 203 Å². The minimum Gasteiger partial charge on any atom is -0.302 e. The fourth-order valence-electron chi connectivity index (χ4n) is 6.69. The maximum absolute atomic E-state index is 3.24. The van der Waals surface area contributed by atoms with Crippen LogP contribution in [-0.2, 0) is 38.5 Å². The van der Waals surface area contributed by atoms with Crippen molar-refractivity contribution in [3.63, 3.8) is 0 Å². The van der Waals surface area contributed by atoms with Crippen LogP contribution >= 0.6 is 0 Å². The van der Waals surface area contributed by atoms with E-state index in [4.69, 9.17) is 0 Å². The van der Waals surface area contributed by atoms with Crippen molar-refractivity contribution in [2.24, 2.45) is 0 Å². The Kier molecular flexibility index (Phi) is 15.4. The van der Waals surface area contributed by atoms with Crippen LogP contribution in [0.3, 0.4) is 0 Å². The van der Waals surface area contributed by atoms with Crippen molar-refractivity contribution in [2.45, 2.75) is 38.5 Å². The van der Waals surface area contributed by atoms with Crippen molar-refractivity contribution in [2.75, 3.05) is 39.3 Å². The van der Waals surface area contributed by atoms with E-state index >= 15 is 0 Å². The van der Waals surface area contributed by atoms with E-state index in [1.54, 1.807) is 0 Å². The highest BCUT2D eigenvalue weighted by Gasteiger charge is 2.09. The molecule has 0 saturated heterocycles. The van der Waals surface area contributed by atoms with Crippen LogP contribution in [0.5, 0.6) is 0 Å². The van der Waals surface area contributed by atoms with Crippen molar-refractivity contribution in [1.29, 1.82) is 0 Å². The Bertz CT molecular complexity index is 1810. The predicted octanol–water partition coefficient (Wildman–Crippen LogP) is 9.75. The van der Waals surface area contributed by atoms with Crippen molar-refractivity contribution in [1.82, 2.24) is 9.80 Å². The molecular weight excluding hydrogens is 653 g/mol. The van der Waals surface area contributed by atoms with E-state index in [1.807, 2.05) is 0 Å². The van der Waals surface area contributed by atoms with Crippen molar-refractivity contribution < 1.29 is 0 Å². The van der Waals surface area contributed by atoms with Crippen LogP contribution in [0.25, 0.3) is 0 Å². The number of benzene rings is 6. The van der Waals surface area contributed by atoms with Crippen LogP contribution in [0.2, 0.25) is 0 Å². The van der Waals surface area contributed by atoms with Crippen LogP contribution in [0, 0.1) is 23.7 Å². The van der Waals surface area contributed by atoms with Gasteiger partial charge >= 0.3 is 0 Å². The van der Waals surface area contributed by atoms with Gasteiger partial charge < -0.3 is 9.80 Å². The molecule has 0 heterocycles. The minimum absolute atomic E-state index is 0.998. The summed E-state index contributed by atoms with van der Waals surface area (Å²) in [6, 6.07) is 60.6. The third kappa shape index (κ3) is 13.7. The van der Waals surface area contributed by atoms with Crippen LogP contribution in [0.4, 0.5) is 0 Å². The topological polar surface area (TPSA) is 6.48 Å². The molecule has 0 atom stereocenters. The van der Waals surface area contributed by atoms with Crippen LogP contribution < -0.4 is 0 Å². The van der Waals surface area contributed by atoms with Gasteiger partial charge in [0.15, 0.2) is 0 Å².